The Kier molecular flexibility index (Phi) is 3.39. The van der Waals surface area contributed by atoms with Crippen molar-refractivity contribution in [1.29, 1.82) is 0 Å². The first-order chi connectivity index (χ1) is 11.6. The Labute approximate surface area is 141 Å². The molecule has 0 radical (unpaired) electrons. The molecule has 24 heavy (non-hydrogen) atoms. The predicted molar refractivity (Wildman–Crippen MR) is 93.9 cm³/mol. The molecule has 4 aromatic rings. The maximum Gasteiger partial charge on any atom is 0.355 e. The summed E-state index contributed by atoms with van der Waals surface area (Å²) in [4.78, 5) is 15.3. The fraction of sp³-hybridized carbons (Fsp3) is 0.0556. The monoisotopic (exact) mass is 335 g/mol. The maximum atomic E-state index is 11.1. The van der Waals surface area contributed by atoms with Gasteiger partial charge in [-0.05, 0) is 13.0 Å². The molecule has 2 aromatic heterocycles. The van der Waals surface area contributed by atoms with Crippen LogP contribution in [0.4, 0.5) is 0 Å². The Balaban J connectivity index is 1.93. The van der Waals surface area contributed by atoms with Gasteiger partial charge in [0.2, 0.25) is 5.13 Å². The number of rotatable bonds is 3. The molecule has 0 spiro atoms. The van der Waals surface area contributed by atoms with Crippen LogP contribution in [0.25, 0.3) is 27.3 Å². The van der Waals surface area contributed by atoms with Gasteiger partial charge in [-0.2, -0.15) is 5.10 Å². The van der Waals surface area contributed by atoms with Gasteiger partial charge in [-0.25, -0.2) is 14.5 Å². The Morgan fingerprint density at radius 1 is 1.12 bits per heavy atom. The van der Waals surface area contributed by atoms with Crippen LogP contribution >= 0.6 is 11.3 Å². The molecule has 4 rings (SSSR count). The van der Waals surface area contributed by atoms with Crippen LogP contribution in [-0.4, -0.2) is 25.8 Å². The van der Waals surface area contributed by atoms with Crippen molar-refractivity contribution in [3.63, 3.8) is 0 Å². The molecule has 0 unspecified atom stereocenters. The second-order valence-electron chi connectivity index (χ2n) is 5.46. The zero-order valence-corrected chi connectivity index (χ0v) is 13.6. The van der Waals surface area contributed by atoms with Gasteiger partial charge in [-0.1, -0.05) is 48.0 Å². The van der Waals surface area contributed by atoms with Crippen LogP contribution in [0.15, 0.2) is 53.9 Å². The SMILES string of the molecule is Cc1ccc(-c2nn(-c3nc(C(=O)O)cs3)c3ccccc23)cc1. The molecule has 0 aliphatic carbocycles. The Hall–Kier alpha value is -2.99. The molecule has 0 bridgehead atoms. The maximum absolute atomic E-state index is 11.1. The first kappa shape index (κ1) is 14.6. The predicted octanol–water partition coefficient (Wildman–Crippen LogP) is 4.16. The van der Waals surface area contributed by atoms with Crippen molar-refractivity contribution in [3.05, 3.63) is 65.2 Å². The van der Waals surface area contributed by atoms with Crippen molar-refractivity contribution in [2.75, 3.05) is 0 Å². The van der Waals surface area contributed by atoms with E-state index in [-0.39, 0.29) is 5.69 Å². The molecule has 0 saturated carbocycles. The van der Waals surface area contributed by atoms with Crippen molar-refractivity contribution < 1.29 is 9.90 Å². The lowest BCUT2D eigenvalue weighted by Crippen LogP contribution is -2.00. The normalized spacial score (nSPS) is 11.0. The lowest BCUT2D eigenvalue weighted by molar-refractivity contribution is 0.0691. The van der Waals surface area contributed by atoms with E-state index in [0.29, 0.717) is 5.13 Å². The van der Waals surface area contributed by atoms with E-state index in [2.05, 4.69) is 17.1 Å². The van der Waals surface area contributed by atoms with Gasteiger partial charge >= 0.3 is 5.97 Å². The summed E-state index contributed by atoms with van der Waals surface area (Å²) in [7, 11) is 0. The van der Waals surface area contributed by atoms with Crippen molar-refractivity contribution in [2.24, 2.45) is 0 Å². The average Bonchev–Trinajstić information content (AvgIpc) is 3.20. The van der Waals surface area contributed by atoms with Crippen LogP contribution < -0.4 is 0 Å². The number of hydrogen-bond acceptors (Lipinski definition) is 4. The minimum absolute atomic E-state index is 0.0338. The van der Waals surface area contributed by atoms with Crippen molar-refractivity contribution in [1.82, 2.24) is 14.8 Å². The number of para-hydroxylation sites is 1. The van der Waals surface area contributed by atoms with Crippen molar-refractivity contribution in [3.8, 4) is 16.4 Å². The summed E-state index contributed by atoms with van der Waals surface area (Å²) in [5, 5.41) is 16.9. The number of hydrogen-bond donors (Lipinski definition) is 1. The summed E-state index contributed by atoms with van der Waals surface area (Å²) in [5.74, 6) is -1.03. The molecule has 118 valence electrons. The Morgan fingerprint density at radius 3 is 2.58 bits per heavy atom. The molecule has 0 fully saturated rings. The van der Waals surface area contributed by atoms with Crippen LogP contribution in [0.1, 0.15) is 16.1 Å². The van der Waals surface area contributed by atoms with E-state index in [1.165, 1.54) is 22.3 Å². The van der Waals surface area contributed by atoms with Gasteiger partial charge in [0.05, 0.1) is 5.52 Å². The molecule has 5 nitrogen and oxygen atoms in total. The van der Waals surface area contributed by atoms with E-state index < -0.39 is 5.97 Å². The minimum atomic E-state index is -1.03. The van der Waals surface area contributed by atoms with Crippen LogP contribution in [0.3, 0.4) is 0 Å². The highest BCUT2D eigenvalue weighted by atomic mass is 32.1. The third-order valence-electron chi connectivity index (χ3n) is 3.80. The fourth-order valence-corrected chi connectivity index (χ4v) is 3.36. The van der Waals surface area contributed by atoms with Crippen LogP contribution in [0, 0.1) is 6.92 Å². The number of nitrogens with zero attached hydrogens (tertiary/aromatic N) is 3. The lowest BCUT2D eigenvalue weighted by atomic mass is 10.1. The van der Waals surface area contributed by atoms with Gasteiger partial charge in [0.15, 0.2) is 5.69 Å². The molecule has 0 atom stereocenters. The molecular weight excluding hydrogens is 322 g/mol. The van der Waals surface area contributed by atoms with Gasteiger partial charge in [-0.15, -0.1) is 11.3 Å². The quantitative estimate of drug-likeness (QED) is 0.610. The minimum Gasteiger partial charge on any atom is -0.476 e. The highest BCUT2D eigenvalue weighted by Crippen LogP contribution is 2.30. The summed E-state index contributed by atoms with van der Waals surface area (Å²) in [6, 6.07) is 16.1. The summed E-state index contributed by atoms with van der Waals surface area (Å²) < 4.78 is 1.71. The number of benzene rings is 2. The second kappa shape index (κ2) is 5.58. The van der Waals surface area contributed by atoms with Crippen LogP contribution in [0.2, 0.25) is 0 Å². The molecule has 1 N–H and O–H groups in total. The number of thiazole rings is 1. The molecular formula is C18H13N3O2S. The van der Waals surface area contributed by atoms with E-state index in [4.69, 9.17) is 10.2 Å². The number of carboxylic acid groups (broad SMARTS) is 1. The number of fused-ring (bicyclic) bond motifs is 1. The molecule has 0 aliphatic rings. The van der Waals surface area contributed by atoms with Gasteiger partial charge in [-0.3, -0.25) is 0 Å². The van der Waals surface area contributed by atoms with Gasteiger partial charge in [0.25, 0.3) is 0 Å². The summed E-state index contributed by atoms with van der Waals surface area (Å²) in [6.07, 6.45) is 0. The third kappa shape index (κ3) is 2.37. The number of aromatic nitrogens is 3. The van der Waals surface area contributed by atoms with Crippen molar-refractivity contribution in [2.45, 2.75) is 6.92 Å². The molecule has 0 amide bonds. The van der Waals surface area contributed by atoms with E-state index >= 15 is 0 Å². The highest BCUT2D eigenvalue weighted by Gasteiger charge is 2.16. The van der Waals surface area contributed by atoms with E-state index in [0.717, 1.165) is 22.2 Å². The van der Waals surface area contributed by atoms with Gasteiger partial charge in [0.1, 0.15) is 5.69 Å². The zero-order valence-electron chi connectivity index (χ0n) is 12.8. The first-order valence-electron chi connectivity index (χ1n) is 7.37. The van der Waals surface area contributed by atoms with Crippen molar-refractivity contribution >= 4 is 28.2 Å². The first-order valence-corrected chi connectivity index (χ1v) is 8.25. The van der Waals surface area contributed by atoms with E-state index in [1.807, 2.05) is 43.3 Å². The van der Waals surface area contributed by atoms with Crippen LogP contribution in [-0.2, 0) is 0 Å². The summed E-state index contributed by atoms with van der Waals surface area (Å²) in [5.41, 5.74) is 4.00. The number of carbonyl (C=O) groups is 1. The molecule has 2 aromatic carbocycles. The van der Waals surface area contributed by atoms with Crippen LogP contribution in [0.5, 0.6) is 0 Å². The Bertz CT molecular complexity index is 1050. The number of aryl methyl sites for hydroxylation is 1. The smallest absolute Gasteiger partial charge is 0.355 e. The summed E-state index contributed by atoms with van der Waals surface area (Å²) >= 11 is 1.27. The molecule has 0 aliphatic heterocycles. The van der Waals surface area contributed by atoms with Gasteiger partial charge < -0.3 is 5.11 Å². The standard InChI is InChI=1S/C18H13N3O2S/c1-11-6-8-12(9-7-11)16-13-4-2-3-5-15(13)21(20-16)18-19-14(10-24-18)17(22)23/h2-10H,1H3,(H,22,23). The molecule has 2 heterocycles. The largest absolute Gasteiger partial charge is 0.476 e. The number of aromatic carboxylic acids is 1. The lowest BCUT2D eigenvalue weighted by Gasteiger charge is -1.98. The highest BCUT2D eigenvalue weighted by molar-refractivity contribution is 7.12. The average molecular weight is 335 g/mol. The van der Waals surface area contributed by atoms with Gasteiger partial charge in [0, 0.05) is 16.3 Å². The fourth-order valence-electron chi connectivity index (χ4n) is 2.60. The topological polar surface area (TPSA) is 68.0 Å². The second-order valence-corrected chi connectivity index (χ2v) is 6.30. The van der Waals surface area contributed by atoms with E-state index in [1.54, 1.807) is 4.68 Å². The number of carboxylic acids is 1. The summed E-state index contributed by atoms with van der Waals surface area (Å²) in [6.45, 7) is 2.05. The molecule has 6 heteroatoms. The molecule has 0 saturated heterocycles. The van der Waals surface area contributed by atoms with E-state index in [9.17, 15) is 4.79 Å². The zero-order chi connectivity index (χ0) is 16.7. The Morgan fingerprint density at radius 2 is 1.88 bits per heavy atom. The third-order valence-corrected chi connectivity index (χ3v) is 4.62.